The van der Waals surface area contributed by atoms with E-state index in [4.69, 9.17) is 43.6 Å². The Morgan fingerprint density at radius 3 is 1.96 bits per heavy atom. The minimum atomic E-state index is -1.29. The van der Waals surface area contributed by atoms with Gasteiger partial charge in [0, 0.05) is 92.8 Å². The molecular weight excluding hydrogens is 602 g/mol. The number of methoxy groups -OCH3 is 4. The first-order valence-electron chi connectivity index (χ1n) is 16.1. The maximum Gasteiger partial charge on any atom is 0.303 e. The molecular formula is C33H55NO12. The van der Waals surface area contributed by atoms with Crippen LogP contribution in [0, 0.1) is 41.4 Å². The number of carbonyl (C=O) groups is 4. The van der Waals surface area contributed by atoms with Crippen molar-refractivity contribution in [3.8, 4) is 0 Å². The first-order valence-corrected chi connectivity index (χ1v) is 16.1. The molecule has 0 aromatic heterocycles. The van der Waals surface area contributed by atoms with Crippen molar-refractivity contribution in [3.05, 3.63) is 0 Å². The van der Waals surface area contributed by atoms with Gasteiger partial charge in [-0.15, -0.1) is 0 Å². The summed E-state index contributed by atoms with van der Waals surface area (Å²) in [5.74, 6) is -4.17. The highest BCUT2D eigenvalue weighted by Gasteiger charge is 2.75. The van der Waals surface area contributed by atoms with Gasteiger partial charge in [0.25, 0.3) is 0 Å². The van der Waals surface area contributed by atoms with Crippen LogP contribution in [0.4, 0.5) is 0 Å². The fraction of sp³-hybridized carbons (Fsp3) is 0.879. The van der Waals surface area contributed by atoms with Gasteiger partial charge in [-0.05, 0) is 38.0 Å². The van der Waals surface area contributed by atoms with E-state index in [0.29, 0.717) is 13.0 Å². The van der Waals surface area contributed by atoms with Crippen LogP contribution < -0.4 is 5.73 Å². The zero-order chi connectivity index (χ0) is 34.7. The molecule has 6 unspecified atom stereocenters. The molecule has 0 aliphatic heterocycles. The minimum Gasteiger partial charge on any atom is -0.463 e. The Kier molecular flexibility index (Phi) is 12.7. The summed E-state index contributed by atoms with van der Waals surface area (Å²) in [4.78, 5) is 49.7. The maximum atomic E-state index is 12.9. The quantitative estimate of drug-likeness (QED) is 0.214. The Morgan fingerprint density at radius 2 is 1.50 bits per heavy atom. The van der Waals surface area contributed by atoms with Crippen LogP contribution in [0.2, 0.25) is 0 Å². The highest BCUT2D eigenvalue weighted by molar-refractivity contribution is 5.68. The van der Waals surface area contributed by atoms with Crippen molar-refractivity contribution in [1.29, 1.82) is 0 Å². The average Bonchev–Trinajstić information content (AvgIpc) is 3.15. The standard InChI is InChI=1S/C33H55NO12/c1-16(43-19(4)35)12-33(42-11)25(15-39-8)27-28(33)23-13-32(46-22(7)38,31(41-10)18(3)44-20(5)36)17(2)26(23)30(45-21(6)37)24(14-34)29(27)40-9/h16-18,23-31H,12-15,34H2,1-11H3/t16?,17-,18?,23-,24-,25-,26+,27-,28?,29?,30?,31?,32-,33+/m1/s1. The molecule has 0 bridgehead atoms. The molecule has 0 amide bonds. The lowest BCUT2D eigenvalue weighted by Gasteiger charge is -2.64. The van der Waals surface area contributed by atoms with Crippen molar-refractivity contribution in [3.63, 3.8) is 0 Å². The second-order valence-electron chi connectivity index (χ2n) is 13.4. The number of hydrogen-bond acceptors (Lipinski definition) is 13. The van der Waals surface area contributed by atoms with E-state index < -0.39 is 83.4 Å². The zero-order valence-corrected chi connectivity index (χ0v) is 29.2. The van der Waals surface area contributed by atoms with E-state index in [-0.39, 0.29) is 36.6 Å². The fourth-order valence-electron chi connectivity index (χ4n) is 9.92. The lowest BCUT2D eigenvalue weighted by Crippen LogP contribution is -2.71. The Hall–Kier alpha value is -2.32. The van der Waals surface area contributed by atoms with Crippen molar-refractivity contribution in [2.45, 2.75) is 103 Å². The van der Waals surface area contributed by atoms with Crippen molar-refractivity contribution in [2.75, 3.05) is 41.6 Å². The lowest BCUT2D eigenvalue weighted by atomic mass is 9.46. The van der Waals surface area contributed by atoms with Crippen LogP contribution in [-0.2, 0) is 57.1 Å². The van der Waals surface area contributed by atoms with Gasteiger partial charge in [-0.1, -0.05) is 6.92 Å². The smallest absolute Gasteiger partial charge is 0.303 e. The van der Waals surface area contributed by atoms with Gasteiger partial charge in [-0.2, -0.15) is 0 Å². The van der Waals surface area contributed by atoms with Gasteiger partial charge in [0.2, 0.25) is 0 Å². The number of rotatable bonds is 14. The number of nitrogens with two attached hydrogens (primary N) is 1. The summed E-state index contributed by atoms with van der Waals surface area (Å²) in [7, 11) is 6.38. The monoisotopic (exact) mass is 657 g/mol. The van der Waals surface area contributed by atoms with E-state index in [9.17, 15) is 19.2 Å². The topological polar surface area (TPSA) is 168 Å². The van der Waals surface area contributed by atoms with Crippen LogP contribution in [0.25, 0.3) is 0 Å². The summed E-state index contributed by atoms with van der Waals surface area (Å²) in [6.45, 7) is 11.3. The maximum absolute atomic E-state index is 12.9. The lowest BCUT2D eigenvalue weighted by molar-refractivity contribution is -0.281. The molecule has 0 radical (unpaired) electrons. The molecule has 0 spiro atoms. The van der Waals surface area contributed by atoms with Gasteiger partial charge in [0.15, 0.2) is 0 Å². The van der Waals surface area contributed by atoms with Crippen LogP contribution in [-0.4, -0.2) is 107 Å². The van der Waals surface area contributed by atoms with Gasteiger partial charge < -0.3 is 43.6 Å². The SMILES string of the molecule is COC[C@@H]1[C@H]2C(OC)[C@@H](CN)C(OC(C)=O)[C@H]3[C@@H](C)[C@@](OC(C)=O)(C(OC)C(C)OC(C)=O)C[C@H]3C2[C@@]1(CC(C)OC(C)=O)OC. The molecule has 0 aromatic carbocycles. The second-order valence-corrected chi connectivity index (χ2v) is 13.4. The Morgan fingerprint density at radius 1 is 0.870 bits per heavy atom. The summed E-state index contributed by atoms with van der Waals surface area (Å²) in [6, 6.07) is 0. The van der Waals surface area contributed by atoms with Gasteiger partial charge in [0.05, 0.1) is 18.3 Å². The predicted molar refractivity (Wildman–Crippen MR) is 164 cm³/mol. The first kappa shape index (κ1) is 38.1. The molecule has 3 saturated carbocycles. The Labute approximate surface area is 272 Å². The molecule has 3 aliphatic rings. The van der Waals surface area contributed by atoms with Crippen LogP contribution >= 0.6 is 0 Å². The number of fused-ring (bicyclic) bond motifs is 3. The van der Waals surface area contributed by atoms with Crippen molar-refractivity contribution in [2.24, 2.45) is 47.2 Å². The van der Waals surface area contributed by atoms with Crippen molar-refractivity contribution >= 4 is 23.9 Å². The molecule has 2 N–H and O–H groups in total. The van der Waals surface area contributed by atoms with E-state index in [2.05, 4.69) is 0 Å². The molecule has 46 heavy (non-hydrogen) atoms. The summed E-state index contributed by atoms with van der Waals surface area (Å²) in [6.07, 6.45) is -2.67. The van der Waals surface area contributed by atoms with Gasteiger partial charge in [-0.3, -0.25) is 19.2 Å². The summed E-state index contributed by atoms with van der Waals surface area (Å²) in [5.41, 5.74) is 4.34. The Balaban J connectivity index is 2.35. The number of hydrogen-bond donors (Lipinski definition) is 1. The van der Waals surface area contributed by atoms with Crippen molar-refractivity contribution in [1.82, 2.24) is 0 Å². The van der Waals surface area contributed by atoms with Gasteiger partial charge >= 0.3 is 23.9 Å². The van der Waals surface area contributed by atoms with Crippen LogP contribution in [0.1, 0.15) is 61.3 Å². The number of carbonyl (C=O) groups excluding carboxylic acids is 4. The van der Waals surface area contributed by atoms with E-state index in [1.807, 2.05) is 13.8 Å². The van der Waals surface area contributed by atoms with E-state index in [0.717, 1.165) is 0 Å². The van der Waals surface area contributed by atoms with Crippen LogP contribution in [0.5, 0.6) is 0 Å². The third-order valence-corrected chi connectivity index (χ3v) is 10.9. The van der Waals surface area contributed by atoms with Crippen LogP contribution in [0.3, 0.4) is 0 Å². The Bertz CT molecular complexity index is 1100. The van der Waals surface area contributed by atoms with Gasteiger partial charge in [-0.25, -0.2) is 0 Å². The molecule has 3 aliphatic carbocycles. The molecule has 3 rings (SSSR count). The molecule has 0 heterocycles. The molecule has 14 atom stereocenters. The average molecular weight is 658 g/mol. The largest absolute Gasteiger partial charge is 0.463 e. The molecule has 3 fully saturated rings. The van der Waals surface area contributed by atoms with Crippen LogP contribution in [0.15, 0.2) is 0 Å². The van der Waals surface area contributed by atoms with Gasteiger partial charge in [0.1, 0.15) is 30.0 Å². The minimum absolute atomic E-state index is 0.150. The third kappa shape index (κ3) is 6.80. The summed E-state index contributed by atoms with van der Waals surface area (Å²) < 4.78 is 48.2. The molecule has 0 aromatic rings. The third-order valence-electron chi connectivity index (χ3n) is 10.9. The number of ether oxygens (including phenoxy) is 8. The first-order chi connectivity index (χ1) is 21.6. The number of esters is 4. The van der Waals surface area contributed by atoms with E-state index in [1.165, 1.54) is 34.8 Å². The highest BCUT2D eigenvalue weighted by atomic mass is 16.6. The van der Waals surface area contributed by atoms with E-state index >= 15 is 0 Å². The molecule has 13 heteroatoms. The highest BCUT2D eigenvalue weighted by Crippen LogP contribution is 2.68. The van der Waals surface area contributed by atoms with Crippen molar-refractivity contribution < 1.29 is 57.1 Å². The molecule has 13 nitrogen and oxygen atoms in total. The van der Waals surface area contributed by atoms with E-state index in [1.54, 1.807) is 28.3 Å². The second kappa shape index (κ2) is 15.3. The predicted octanol–water partition coefficient (Wildman–Crippen LogP) is 2.30. The summed E-state index contributed by atoms with van der Waals surface area (Å²) in [5, 5.41) is 0. The zero-order valence-electron chi connectivity index (χ0n) is 29.2. The fourth-order valence-corrected chi connectivity index (χ4v) is 9.92. The molecule has 264 valence electrons. The normalized spacial score (nSPS) is 38.6. The molecule has 0 saturated heterocycles. The summed E-state index contributed by atoms with van der Waals surface area (Å²) >= 11 is 0.